The predicted molar refractivity (Wildman–Crippen MR) is 88.8 cm³/mol. The van der Waals surface area contributed by atoms with E-state index in [-0.39, 0.29) is 0 Å². The first-order chi connectivity index (χ1) is 10.1. The average molecular weight is 283 g/mol. The fraction of sp³-hybridized carbons (Fsp3) is 0.368. The van der Waals surface area contributed by atoms with Crippen LogP contribution in [0.3, 0.4) is 0 Å². The molecule has 0 amide bonds. The van der Waals surface area contributed by atoms with E-state index in [4.69, 9.17) is 4.74 Å². The summed E-state index contributed by atoms with van der Waals surface area (Å²) in [6.07, 6.45) is 1.07. The maximum absolute atomic E-state index is 5.22. The molecule has 0 heterocycles. The van der Waals surface area contributed by atoms with Crippen molar-refractivity contribution in [3.05, 3.63) is 64.7 Å². The van der Waals surface area contributed by atoms with E-state index in [9.17, 15) is 0 Å². The van der Waals surface area contributed by atoms with Gasteiger partial charge in [-0.1, -0.05) is 48.4 Å². The third-order valence-corrected chi connectivity index (χ3v) is 3.76. The number of aryl methyl sites for hydroxylation is 2. The van der Waals surface area contributed by atoms with Gasteiger partial charge in [0.15, 0.2) is 0 Å². The van der Waals surface area contributed by atoms with Crippen LogP contribution in [0.5, 0.6) is 5.75 Å². The van der Waals surface area contributed by atoms with Gasteiger partial charge < -0.3 is 10.1 Å². The van der Waals surface area contributed by atoms with Crippen LogP contribution in [0.15, 0.2) is 42.5 Å². The van der Waals surface area contributed by atoms with Crippen molar-refractivity contribution in [3.63, 3.8) is 0 Å². The Morgan fingerprint density at radius 3 is 2.14 bits per heavy atom. The van der Waals surface area contributed by atoms with Crippen LogP contribution >= 0.6 is 0 Å². The molecule has 2 aromatic carbocycles. The summed E-state index contributed by atoms with van der Waals surface area (Å²) in [4.78, 5) is 0. The van der Waals surface area contributed by atoms with Gasteiger partial charge in [0.1, 0.15) is 5.75 Å². The second-order valence-electron chi connectivity index (χ2n) is 5.61. The van der Waals surface area contributed by atoms with E-state index in [1.165, 1.54) is 22.3 Å². The lowest BCUT2D eigenvalue weighted by atomic mass is 10.0. The molecule has 0 aliphatic carbocycles. The van der Waals surface area contributed by atoms with E-state index in [2.05, 4.69) is 56.4 Å². The molecule has 0 fully saturated rings. The molecule has 0 aliphatic heterocycles. The SMILES string of the molecule is CCC(NCc1cc(C)cc(C)c1)c1ccc(OC)cc1. The Morgan fingerprint density at radius 1 is 1.00 bits per heavy atom. The third-order valence-electron chi connectivity index (χ3n) is 3.76. The molecular formula is C19H25NO. The number of methoxy groups -OCH3 is 1. The van der Waals surface area contributed by atoms with Crippen molar-refractivity contribution in [3.8, 4) is 5.75 Å². The van der Waals surface area contributed by atoms with Crippen LogP contribution in [0.4, 0.5) is 0 Å². The molecular weight excluding hydrogens is 258 g/mol. The summed E-state index contributed by atoms with van der Waals surface area (Å²) in [6, 6.07) is 15.4. The Hall–Kier alpha value is -1.80. The first kappa shape index (κ1) is 15.6. The molecule has 1 N–H and O–H groups in total. The Bertz CT molecular complexity index is 554. The molecule has 0 aromatic heterocycles. The molecule has 0 aliphatic rings. The number of ether oxygens (including phenoxy) is 1. The zero-order valence-electron chi connectivity index (χ0n) is 13.4. The fourth-order valence-corrected chi connectivity index (χ4v) is 2.75. The number of benzene rings is 2. The molecule has 2 rings (SSSR count). The van der Waals surface area contributed by atoms with E-state index in [0.29, 0.717) is 6.04 Å². The molecule has 112 valence electrons. The number of hydrogen-bond donors (Lipinski definition) is 1. The van der Waals surface area contributed by atoms with Gasteiger partial charge in [-0.15, -0.1) is 0 Å². The van der Waals surface area contributed by atoms with Gasteiger partial charge in [0.05, 0.1) is 7.11 Å². The molecule has 1 atom stereocenters. The molecule has 0 bridgehead atoms. The summed E-state index contributed by atoms with van der Waals surface area (Å²) in [6.45, 7) is 7.41. The van der Waals surface area contributed by atoms with Crippen LogP contribution in [0.25, 0.3) is 0 Å². The van der Waals surface area contributed by atoms with E-state index in [1.807, 2.05) is 12.1 Å². The van der Waals surface area contributed by atoms with Gasteiger partial charge in [-0.25, -0.2) is 0 Å². The van der Waals surface area contributed by atoms with Crippen molar-refractivity contribution in [2.75, 3.05) is 7.11 Å². The van der Waals surface area contributed by atoms with Crippen molar-refractivity contribution in [1.82, 2.24) is 5.32 Å². The highest BCUT2D eigenvalue weighted by molar-refractivity contribution is 5.30. The van der Waals surface area contributed by atoms with Gasteiger partial charge in [0.2, 0.25) is 0 Å². The molecule has 0 spiro atoms. The van der Waals surface area contributed by atoms with E-state index in [0.717, 1.165) is 18.7 Å². The van der Waals surface area contributed by atoms with Crippen LogP contribution in [-0.2, 0) is 6.54 Å². The third kappa shape index (κ3) is 4.33. The quantitative estimate of drug-likeness (QED) is 0.839. The van der Waals surface area contributed by atoms with E-state index < -0.39 is 0 Å². The first-order valence-electron chi connectivity index (χ1n) is 7.57. The minimum Gasteiger partial charge on any atom is -0.497 e. The molecule has 1 unspecified atom stereocenters. The fourth-order valence-electron chi connectivity index (χ4n) is 2.75. The summed E-state index contributed by atoms with van der Waals surface area (Å²) < 4.78 is 5.22. The lowest BCUT2D eigenvalue weighted by Gasteiger charge is -2.18. The standard InChI is InChI=1S/C19H25NO/c1-5-19(17-6-8-18(21-4)9-7-17)20-13-16-11-14(2)10-15(3)12-16/h6-12,19-20H,5,13H2,1-4H3. The van der Waals surface area contributed by atoms with Gasteiger partial charge in [-0.05, 0) is 43.5 Å². The van der Waals surface area contributed by atoms with Gasteiger partial charge in [-0.2, -0.15) is 0 Å². The number of nitrogens with one attached hydrogen (secondary N) is 1. The van der Waals surface area contributed by atoms with Crippen molar-refractivity contribution >= 4 is 0 Å². The van der Waals surface area contributed by atoms with Gasteiger partial charge >= 0.3 is 0 Å². The highest BCUT2D eigenvalue weighted by Gasteiger charge is 2.09. The predicted octanol–water partition coefficient (Wildman–Crippen LogP) is 4.55. The van der Waals surface area contributed by atoms with Gasteiger partial charge in [0.25, 0.3) is 0 Å². The molecule has 0 saturated carbocycles. The zero-order valence-corrected chi connectivity index (χ0v) is 13.4. The van der Waals surface area contributed by atoms with Crippen LogP contribution in [0.2, 0.25) is 0 Å². The summed E-state index contributed by atoms with van der Waals surface area (Å²) in [5, 5.41) is 3.65. The highest BCUT2D eigenvalue weighted by atomic mass is 16.5. The lowest BCUT2D eigenvalue weighted by molar-refractivity contribution is 0.414. The molecule has 2 nitrogen and oxygen atoms in total. The molecule has 21 heavy (non-hydrogen) atoms. The minimum atomic E-state index is 0.372. The van der Waals surface area contributed by atoms with Crippen molar-refractivity contribution < 1.29 is 4.74 Å². The van der Waals surface area contributed by atoms with Gasteiger partial charge in [-0.3, -0.25) is 0 Å². The minimum absolute atomic E-state index is 0.372. The Kier molecular flexibility index (Phi) is 5.40. The second-order valence-corrected chi connectivity index (χ2v) is 5.61. The summed E-state index contributed by atoms with van der Waals surface area (Å²) >= 11 is 0. The van der Waals surface area contributed by atoms with Crippen molar-refractivity contribution in [2.45, 2.75) is 39.8 Å². The van der Waals surface area contributed by atoms with Crippen molar-refractivity contribution in [1.29, 1.82) is 0 Å². The first-order valence-corrected chi connectivity index (χ1v) is 7.57. The number of rotatable bonds is 6. The van der Waals surface area contributed by atoms with Gasteiger partial charge in [0, 0.05) is 12.6 Å². The smallest absolute Gasteiger partial charge is 0.118 e. The normalized spacial score (nSPS) is 12.2. The van der Waals surface area contributed by atoms with E-state index in [1.54, 1.807) is 7.11 Å². The number of hydrogen-bond acceptors (Lipinski definition) is 2. The summed E-state index contributed by atoms with van der Waals surface area (Å²) in [5.74, 6) is 0.905. The van der Waals surface area contributed by atoms with Crippen LogP contribution in [0.1, 0.15) is 41.6 Å². The van der Waals surface area contributed by atoms with Crippen LogP contribution < -0.4 is 10.1 Å². The lowest BCUT2D eigenvalue weighted by Crippen LogP contribution is -2.20. The summed E-state index contributed by atoms with van der Waals surface area (Å²) in [5.41, 5.74) is 5.30. The molecule has 2 heteroatoms. The Labute approximate surface area is 128 Å². The highest BCUT2D eigenvalue weighted by Crippen LogP contribution is 2.21. The van der Waals surface area contributed by atoms with Crippen molar-refractivity contribution in [2.24, 2.45) is 0 Å². The zero-order chi connectivity index (χ0) is 15.2. The van der Waals surface area contributed by atoms with E-state index >= 15 is 0 Å². The average Bonchev–Trinajstić information content (AvgIpc) is 2.47. The Morgan fingerprint density at radius 2 is 1.62 bits per heavy atom. The largest absolute Gasteiger partial charge is 0.497 e. The Balaban J connectivity index is 2.04. The maximum Gasteiger partial charge on any atom is 0.118 e. The van der Waals surface area contributed by atoms with Crippen LogP contribution in [0, 0.1) is 13.8 Å². The monoisotopic (exact) mass is 283 g/mol. The van der Waals surface area contributed by atoms with Crippen LogP contribution in [-0.4, -0.2) is 7.11 Å². The topological polar surface area (TPSA) is 21.3 Å². The maximum atomic E-state index is 5.22. The molecule has 2 aromatic rings. The molecule has 0 saturated heterocycles. The summed E-state index contributed by atoms with van der Waals surface area (Å²) in [7, 11) is 1.70. The second kappa shape index (κ2) is 7.28. The molecule has 0 radical (unpaired) electrons.